The van der Waals surface area contributed by atoms with Crippen molar-refractivity contribution in [2.45, 2.75) is 43.9 Å². The summed E-state index contributed by atoms with van der Waals surface area (Å²) in [6, 6.07) is 5.62. The lowest BCUT2D eigenvalue weighted by molar-refractivity contribution is -0.0682. The first-order chi connectivity index (χ1) is 21.1. The van der Waals surface area contributed by atoms with Crippen LogP contribution in [0.3, 0.4) is 0 Å². The fourth-order valence-corrected chi connectivity index (χ4v) is 6.31. The van der Waals surface area contributed by atoms with Gasteiger partial charge in [-0.05, 0) is 41.8 Å². The Hall–Kier alpha value is -4.20. The van der Waals surface area contributed by atoms with E-state index in [9.17, 15) is 14.3 Å². The Morgan fingerprint density at radius 1 is 1.09 bits per heavy atom. The first-order valence-electron chi connectivity index (χ1n) is 14.4. The van der Waals surface area contributed by atoms with E-state index in [0.29, 0.717) is 18.7 Å². The number of rotatable bonds is 7. The number of hydrogen-bond donors (Lipinski definition) is 2. The summed E-state index contributed by atoms with van der Waals surface area (Å²) in [4.78, 5) is 23.8. The van der Waals surface area contributed by atoms with Crippen LogP contribution >= 0.6 is 0 Å². The number of nitrogens with zero attached hydrogens (tertiary/aromatic N) is 6. The predicted octanol–water partition coefficient (Wildman–Crippen LogP) is 3.60. The minimum atomic E-state index is -1.46. The third-order valence-corrected chi connectivity index (χ3v) is 8.55. The largest absolute Gasteiger partial charge is 0.385 e. The predicted molar refractivity (Wildman–Crippen MR) is 154 cm³/mol. The lowest BCUT2D eigenvalue weighted by Crippen LogP contribution is -2.53. The van der Waals surface area contributed by atoms with E-state index in [4.69, 9.17) is 10.5 Å². The monoisotopic (exact) mass is 607 g/mol. The van der Waals surface area contributed by atoms with E-state index >= 15 is 8.78 Å². The molecule has 0 aliphatic carbocycles. The smallest absolute Gasteiger partial charge is 0.185 e. The van der Waals surface area contributed by atoms with Crippen LogP contribution < -0.4 is 10.6 Å². The number of piperidine rings is 1. The summed E-state index contributed by atoms with van der Waals surface area (Å²) in [5, 5.41) is 18.9. The maximum atomic E-state index is 15.3. The molecule has 0 spiro atoms. The summed E-state index contributed by atoms with van der Waals surface area (Å²) in [5.41, 5.74) is 5.02. The Balaban J connectivity index is 1.25. The molecule has 1 aromatic carbocycles. The first kappa shape index (κ1) is 29.9. The molecule has 0 saturated carbocycles. The van der Waals surface area contributed by atoms with Crippen molar-refractivity contribution in [3.8, 4) is 11.3 Å². The summed E-state index contributed by atoms with van der Waals surface area (Å²) in [6.45, 7) is 3.69. The molecule has 6 rings (SSSR count). The van der Waals surface area contributed by atoms with Gasteiger partial charge < -0.3 is 20.5 Å². The highest BCUT2D eigenvalue weighted by Gasteiger charge is 2.36. The number of ether oxygens (including phenoxy) is 1. The number of halogens is 3. The van der Waals surface area contributed by atoms with E-state index < -0.39 is 40.1 Å². The van der Waals surface area contributed by atoms with Crippen LogP contribution in [0, 0.1) is 23.4 Å². The van der Waals surface area contributed by atoms with Gasteiger partial charge in [0.2, 0.25) is 0 Å². The van der Waals surface area contributed by atoms with Crippen molar-refractivity contribution >= 4 is 11.5 Å². The highest BCUT2D eigenvalue weighted by Crippen LogP contribution is 2.37. The third kappa shape index (κ3) is 5.70. The van der Waals surface area contributed by atoms with Crippen molar-refractivity contribution < 1.29 is 27.8 Å². The lowest BCUT2D eigenvalue weighted by atomic mass is 9.85. The van der Waals surface area contributed by atoms with Gasteiger partial charge in [-0.25, -0.2) is 22.8 Å². The van der Waals surface area contributed by atoms with Crippen molar-refractivity contribution in [1.29, 1.82) is 0 Å². The molecule has 2 fully saturated rings. The second-order valence-electron chi connectivity index (χ2n) is 11.5. The number of benzene rings is 1. The average molecular weight is 608 g/mol. The van der Waals surface area contributed by atoms with E-state index in [-0.39, 0.29) is 61.7 Å². The molecule has 3 aromatic heterocycles. The molecular formula is C31H32F3N7O3. The fourth-order valence-electron chi connectivity index (χ4n) is 6.31. The van der Waals surface area contributed by atoms with Crippen LogP contribution in [-0.4, -0.2) is 68.2 Å². The van der Waals surface area contributed by atoms with Gasteiger partial charge in [-0.15, -0.1) is 5.10 Å². The summed E-state index contributed by atoms with van der Waals surface area (Å²) < 4.78 is 52.6. The van der Waals surface area contributed by atoms with Crippen LogP contribution in [-0.2, 0) is 16.8 Å². The van der Waals surface area contributed by atoms with Crippen LogP contribution in [0.5, 0.6) is 0 Å². The molecule has 4 aromatic rings. The van der Waals surface area contributed by atoms with Gasteiger partial charge in [0, 0.05) is 81.4 Å². The van der Waals surface area contributed by atoms with Crippen molar-refractivity contribution in [2.75, 3.05) is 31.2 Å². The van der Waals surface area contributed by atoms with E-state index in [1.807, 2.05) is 0 Å². The SMILES string of the molecule is C[C@H]1CN(c2ccncc2CC(=O)c2ccc(F)c(-c3c(F)cc(C4(O)CCOCC4)cc3F)n2)C[C@@H](N)[C@H]1n1ccnn1. The Kier molecular flexibility index (Phi) is 8.18. The van der Waals surface area contributed by atoms with Gasteiger partial charge in [0.25, 0.3) is 0 Å². The molecule has 5 heterocycles. The van der Waals surface area contributed by atoms with Gasteiger partial charge in [0.1, 0.15) is 28.8 Å². The molecule has 2 saturated heterocycles. The van der Waals surface area contributed by atoms with Gasteiger partial charge in [0.05, 0.1) is 23.4 Å². The number of pyridine rings is 2. The van der Waals surface area contributed by atoms with Gasteiger partial charge in [0.15, 0.2) is 5.78 Å². The van der Waals surface area contributed by atoms with Gasteiger partial charge >= 0.3 is 0 Å². The number of nitrogens with two attached hydrogens (primary N) is 1. The van der Waals surface area contributed by atoms with Crippen LogP contribution in [0.1, 0.15) is 47.4 Å². The van der Waals surface area contributed by atoms with E-state index in [1.165, 1.54) is 6.07 Å². The zero-order chi connectivity index (χ0) is 31.0. The van der Waals surface area contributed by atoms with Gasteiger partial charge in [-0.2, -0.15) is 0 Å². The molecule has 0 radical (unpaired) electrons. The number of hydrogen-bond acceptors (Lipinski definition) is 9. The van der Waals surface area contributed by atoms with Crippen LogP contribution in [0.25, 0.3) is 11.3 Å². The van der Waals surface area contributed by atoms with E-state index in [2.05, 4.69) is 32.1 Å². The van der Waals surface area contributed by atoms with Crippen LogP contribution in [0.2, 0.25) is 0 Å². The van der Waals surface area contributed by atoms with Crippen LogP contribution in [0.15, 0.2) is 55.1 Å². The van der Waals surface area contributed by atoms with Crippen molar-refractivity contribution in [3.63, 3.8) is 0 Å². The molecule has 44 heavy (non-hydrogen) atoms. The summed E-state index contributed by atoms with van der Waals surface area (Å²) >= 11 is 0. The number of Topliss-reactive ketones (excluding diaryl/α,β-unsaturated/α-hetero) is 1. The maximum Gasteiger partial charge on any atom is 0.185 e. The minimum absolute atomic E-state index is 0.0376. The number of ketones is 1. The molecule has 3 N–H and O–H groups in total. The normalized spacial score (nSPS) is 21.8. The third-order valence-electron chi connectivity index (χ3n) is 8.55. The molecule has 0 unspecified atom stereocenters. The van der Waals surface area contributed by atoms with Crippen molar-refractivity contribution in [1.82, 2.24) is 25.0 Å². The highest BCUT2D eigenvalue weighted by atomic mass is 19.1. The second kappa shape index (κ2) is 12.1. The molecule has 0 amide bonds. The van der Waals surface area contributed by atoms with E-state index in [1.54, 1.807) is 35.5 Å². The first-order valence-corrected chi connectivity index (χ1v) is 14.4. The van der Waals surface area contributed by atoms with Gasteiger partial charge in [-0.3, -0.25) is 9.78 Å². The molecule has 2 aliphatic heterocycles. The topological polar surface area (TPSA) is 132 Å². The zero-order valence-corrected chi connectivity index (χ0v) is 24.0. The fraction of sp³-hybridized carbons (Fsp3) is 0.387. The number of aliphatic hydroxyl groups is 1. The number of carbonyl (C=O) groups is 1. The molecule has 2 aliphatic rings. The van der Waals surface area contributed by atoms with Crippen molar-refractivity contribution in [3.05, 3.63) is 89.4 Å². The molecule has 13 heteroatoms. The highest BCUT2D eigenvalue weighted by molar-refractivity contribution is 5.97. The maximum absolute atomic E-state index is 15.3. The standard InChI is InChI=1S/C31H32F3N7O3/c1-18-16-40(17-24(35)30(18)41-9-8-37-39-41)26-4-7-36-15-19(26)12-27(42)25-3-2-21(32)29(38-25)28-22(33)13-20(14-23(28)34)31(43)5-10-44-11-6-31/h2-4,7-9,13-15,18,24,30,43H,5-6,10-12,16-17,35H2,1H3/t18-,24+,30-/m0/s1. The number of carbonyl (C=O) groups excluding carboxylic acids is 1. The zero-order valence-electron chi connectivity index (χ0n) is 24.0. The number of aromatic nitrogens is 5. The van der Waals surface area contributed by atoms with Crippen molar-refractivity contribution in [2.24, 2.45) is 11.7 Å². The molecular weight excluding hydrogens is 575 g/mol. The lowest BCUT2D eigenvalue weighted by Gasteiger charge is -2.42. The summed E-state index contributed by atoms with van der Waals surface area (Å²) in [5.74, 6) is -3.54. The Morgan fingerprint density at radius 3 is 2.52 bits per heavy atom. The Labute approximate surface area is 251 Å². The minimum Gasteiger partial charge on any atom is -0.385 e. The average Bonchev–Trinajstić information content (AvgIpc) is 3.52. The molecule has 230 valence electrons. The molecule has 3 atom stereocenters. The number of anilines is 1. The van der Waals surface area contributed by atoms with Crippen LogP contribution in [0.4, 0.5) is 18.9 Å². The molecule has 0 bridgehead atoms. The summed E-state index contributed by atoms with van der Waals surface area (Å²) in [7, 11) is 0. The summed E-state index contributed by atoms with van der Waals surface area (Å²) in [6.07, 6.45) is 6.82. The second-order valence-corrected chi connectivity index (χ2v) is 11.5. The Morgan fingerprint density at radius 2 is 1.84 bits per heavy atom. The van der Waals surface area contributed by atoms with E-state index in [0.717, 1.165) is 23.9 Å². The molecule has 10 nitrogen and oxygen atoms in total. The quantitative estimate of drug-likeness (QED) is 0.303. The van der Waals surface area contributed by atoms with Gasteiger partial charge in [-0.1, -0.05) is 12.1 Å². The Bertz CT molecular complexity index is 1630.